The number of ketones is 1. The van der Waals surface area contributed by atoms with Crippen LogP contribution in [0.5, 0.6) is 0 Å². The van der Waals surface area contributed by atoms with Crippen LogP contribution in [0.25, 0.3) is 0 Å². The van der Waals surface area contributed by atoms with Crippen molar-refractivity contribution in [1.29, 1.82) is 0 Å². The Morgan fingerprint density at radius 2 is 1.71 bits per heavy atom. The molecule has 0 bridgehead atoms. The van der Waals surface area contributed by atoms with E-state index in [1.807, 2.05) is 0 Å². The molecular formula is C29H44F2O3S. The van der Waals surface area contributed by atoms with E-state index in [2.05, 4.69) is 6.92 Å². The van der Waals surface area contributed by atoms with E-state index in [9.17, 15) is 22.0 Å². The Balaban J connectivity index is 1.46. The predicted molar refractivity (Wildman–Crippen MR) is 137 cm³/mol. The fourth-order valence-electron chi connectivity index (χ4n) is 6.43. The van der Waals surface area contributed by atoms with Gasteiger partial charge in [0.1, 0.15) is 5.78 Å². The summed E-state index contributed by atoms with van der Waals surface area (Å²) < 4.78 is 53.0. The second-order valence-corrected chi connectivity index (χ2v) is 14.5. The molecule has 0 spiro atoms. The number of Topliss-reactive ketones (excluding diaryl/α,β-unsaturated/α-hetero) is 1. The van der Waals surface area contributed by atoms with Crippen LogP contribution in [0.4, 0.5) is 8.78 Å². The number of sulfone groups is 1. The lowest BCUT2D eigenvalue weighted by atomic mass is 9.69. The van der Waals surface area contributed by atoms with Crippen molar-refractivity contribution in [2.75, 3.05) is 0 Å². The summed E-state index contributed by atoms with van der Waals surface area (Å²) in [5.74, 6) is -0.870. The highest BCUT2D eigenvalue weighted by Gasteiger charge is 2.42. The molecule has 0 amide bonds. The largest absolute Gasteiger partial charge is 0.299 e. The molecule has 1 aromatic rings. The predicted octanol–water partition coefficient (Wildman–Crippen LogP) is 8.11. The Bertz CT molecular complexity index is 956. The van der Waals surface area contributed by atoms with Crippen LogP contribution in [0.2, 0.25) is 0 Å². The molecule has 0 N–H and O–H groups in total. The first kappa shape index (κ1) is 28.3. The van der Waals surface area contributed by atoms with Crippen molar-refractivity contribution in [3.05, 3.63) is 29.8 Å². The molecule has 2 unspecified atom stereocenters. The lowest BCUT2D eigenvalue weighted by Crippen LogP contribution is -2.38. The summed E-state index contributed by atoms with van der Waals surface area (Å²) in [6.07, 6.45) is 12.2. The Morgan fingerprint density at radius 3 is 2.37 bits per heavy atom. The number of carbonyl (C=O) groups is 1. The number of carbonyl (C=O) groups excluding carboxylic acids is 1. The van der Waals surface area contributed by atoms with Gasteiger partial charge in [-0.05, 0) is 82.3 Å². The Labute approximate surface area is 211 Å². The molecule has 3 nitrogen and oxygen atoms in total. The molecule has 6 heteroatoms. The molecule has 2 saturated carbocycles. The van der Waals surface area contributed by atoms with E-state index in [4.69, 9.17) is 0 Å². The molecule has 2 fully saturated rings. The van der Waals surface area contributed by atoms with Gasteiger partial charge >= 0.3 is 0 Å². The summed E-state index contributed by atoms with van der Waals surface area (Å²) in [7, 11) is -3.74. The molecule has 1 aromatic carbocycles. The highest BCUT2D eigenvalue weighted by molar-refractivity contribution is 7.92. The van der Waals surface area contributed by atoms with Crippen LogP contribution < -0.4 is 0 Å². The molecule has 35 heavy (non-hydrogen) atoms. The van der Waals surface area contributed by atoms with Gasteiger partial charge in [-0.25, -0.2) is 17.2 Å². The monoisotopic (exact) mass is 510 g/mol. The van der Waals surface area contributed by atoms with E-state index in [0.29, 0.717) is 36.4 Å². The number of hydrogen-bond donors (Lipinski definition) is 0. The molecule has 0 heterocycles. The van der Waals surface area contributed by atoms with Crippen molar-refractivity contribution in [2.45, 2.75) is 120 Å². The maximum absolute atomic E-state index is 13.7. The minimum Gasteiger partial charge on any atom is -0.299 e. The summed E-state index contributed by atoms with van der Waals surface area (Å²) in [6, 6.07) is 5.21. The standard InChI is InChI=1S/C29H44F2O3S/c1-5-10-23-12-6-7-15-26(23)27(32)16-8-11-21-17-22(18-21)20-28(2,3)35(33,34)25-14-9-13-24(19-25)29(4,30)31/h9,13-14,19,21-23,26H,5-8,10-12,15-18,20H2,1-4H3. The molecule has 0 aliphatic heterocycles. The first-order chi connectivity index (χ1) is 16.3. The number of hydrogen-bond acceptors (Lipinski definition) is 3. The topological polar surface area (TPSA) is 51.2 Å². The zero-order valence-electron chi connectivity index (χ0n) is 22.0. The summed E-state index contributed by atoms with van der Waals surface area (Å²) in [4.78, 5) is 12.8. The lowest BCUT2D eigenvalue weighted by molar-refractivity contribution is -0.125. The Kier molecular flexibility index (Phi) is 9.21. The third-order valence-electron chi connectivity index (χ3n) is 8.51. The quantitative estimate of drug-likeness (QED) is 0.285. The molecular weight excluding hydrogens is 466 g/mol. The maximum atomic E-state index is 13.7. The van der Waals surface area contributed by atoms with E-state index < -0.39 is 20.5 Å². The van der Waals surface area contributed by atoms with Gasteiger partial charge in [0.25, 0.3) is 5.92 Å². The molecule has 0 radical (unpaired) electrons. The second-order valence-electron chi connectivity index (χ2n) is 11.9. The minimum atomic E-state index is -3.74. The van der Waals surface area contributed by atoms with Crippen molar-refractivity contribution in [1.82, 2.24) is 0 Å². The van der Waals surface area contributed by atoms with Gasteiger partial charge in [-0.3, -0.25) is 4.79 Å². The number of halogens is 2. The average Bonchev–Trinajstić information content (AvgIpc) is 2.77. The van der Waals surface area contributed by atoms with Crippen molar-refractivity contribution < 1.29 is 22.0 Å². The summed E-state index contributed by atoms with van der Waals surface area (Å²) in [5, 5.41) is 0. The molecule has 3 rings (SSSR count). The molecule has 0 saturated heterocycles. The lowest BCUT2D eigenvalue weighted by Gasteiger charge is -2.40. The van der Waals surface area contributed by atoms with Crippen LogP contribution in [0.3, 0.4) is 0 Å². The van der Waals surface area contributed by atoms with Crippen molar-refractivity contribution >= 4 is 15.6 Å². The normalized spacial score (nSPS) is 25.8. The smallest absolute Gasteiger partial charge is 0.270 e. The van der Waals surface area contributed by atoms with E-state index in [-0.39, 0.29) is 16.4 Å². The van der Waals surface area contributed by atoms with Crippen LogP contribution in [-0.4, -0.2) is 18.9 Å². The van der Waals surface area contributed by atoms with E-state index in [1.165, 1.54) is 43.9 Å². The van der Waals surface area contributed by atoms with E-state index in [1.54, 1.807) is 13.8 Å². The average molecular weight is 511 g/mol. The van der Waals surface area contributed by atoms with E-state index >= 15 is 0 Å². The highest BCUT2D eigenvalue weighted by atomic mass is 32.2. The van der Waals surface area contributed by atoms with Gasteiger partial charge in [-0.2, -0.15) is 0 Å². The summed E-state index contributed by atoms with van der Waals surface area (Å²) in [6.45, 7) is 6.41. The fourth-order valence-corrected chi connectivity index (χ4v) is 8.07. The van der Waals surface area contributed by atoms with E-state index in [0.717, 1.165) is 51.5 Å². The zero-order valence-corrected chi connectivity index (χ0v) is 22.8. The van der Waals surface area contributed by atoms with Crippen molar-refractivity contribution in [3.8, 4) is 0 Å². The Hall–Kier alpha value is -1.30. The van der Waals surface area contributed by atoms with Gasteiger partial charge in [-0.15, -0.1) is 0 Å². The molecule has 0 aromatic heterocycles. The van der Waals surface area contributed by atoms with Gasteiger partial charge in [0, 0.05) is 24.8 Å². The molecule has 2 atom stereocenters. The van der Waals surface area contributed by atoms with Gasteiger partial charge < -0.3 is 0 Å². The fraction of sp³-hybridized carbons (Fsp3) is 0.759. The van der Waals surface area contributed by atoms with Crippen LogP contribution in [-0.2, 0) is 20.6 Å². The van der Waals surface area contributed by atoms with Crippen LogP contribution in [0.15, 0.2) is 29.2 Å². The van der Waals surface area contributed by atoms with Gasteiger partial charge in [0.2, 0.25) is 0 Å². The first-order valence-corrected chi connectivity index (χ1v) is 15.1. The Morgan fingerprint density at radius 1 is 1.03 bits per heavy atom. The number of rotatable bonds is 12. The third-order valence-corrected chi connectivity index (χ3v) is 11.0. The summed E-state index contributed by atoms with van der Waals surface area (Å²) in [5.41, 5.74) is -0.276. The summed E-state index contributed by atoms with van der Waals surface area (Å²) >= 11 is 0. The highest BCUT2D eigenvalue weighted by Crippen LogP contribution is 2.45. The second kappa shape index (κ2) is 11.4. The van der Waals surface area contributed by atoms with Gasteiger partial charge in [0.05, 0.1) is 9.64 Å². The van der Waals surface area contributed by atoms with Gasteiger partial charge in [0.15, 0.2) is 9.84 Å². The zero-order chi connectivity index (χ0) is 25.9. The number of benzene rings is 1. The third kappa shape index (κ3) is 6.93. The van der Waals surface area contributed by atoms with Crippen LogP contribution in [0.1, 0.15) is 110 Å². The minimum absolute atomic E-state index is 0.0278. The SMILES string of the molecule is CCCC1CCCCC1C(=O)CCCC1CC(CC(C)(C)S(=O)(=O)c2cccc(C(C)(F)F)c2)C1. The van der Waals surface area contributed by atoms with Gasteiger partial charge in [-0.1, -0.05) is 51.2 Å². The maximum Gasteiger partial charge on any atom is 0.270 e. The number of alkyl halides is 2. The first-order valence-electron chi connectivity index (χ1n) is 13.6. The van der Waals surface area contributed by atoms with Crippen LogP contribution >= 0.6 is 0 Å². The molecule has 198 valence electrons. The molecule has 2 aliphatic rings. The molecule has 2 aliphatic carbocycles. The van der Waals surface area contributed by atoms with Crippen LogP contribution in [0, 0.1) is 23.7 Å². The van der Waals surface area contributed by atoms with Crippen molar-refractivity contribution in [3.63, 3.8) is 0 Å². The van der Waals surface area contributed by atoms with Crippen molar-refractivity contribution in [2.24, 2.45) is 23.7 Å².